The van der Waals surface area contributed by atoms with Crippen molar-refractivity contribution in [3.63, 3.8) is 0 Å². The third-order valence-corrected chi connectivity index (χ3v) is 3.98. The van der Waals surface area contributed by atoms with E-state index in [2.05, 4.69) is 23.2 Å². The van der Waals surface area contributed by atoms with Crippen LogP contribution < -0.4 is 5.43 Å². The average molecular weight is 282 g/mol. The molecule has 1 N–H and O–H groups in total. The Morgan fingerprint density at radius 1 is 1.33 bits per heavy atom. The number of hydrogen-bond acceptors (Lipinski definition) is 2. The molecule has 1 aliphatic rings. The lowest BCUT2D eigenvalue weighted by Gasteiger charge is -2.22. The molecule has 110 valence electrons. The van der Waals surface area contributed by atoms with Gasteiger partial charge in [-0.25, -0.2) is 5.43 Å². The van der Waals surface area contributed by atoms with E-state index in [1.165, 1.54) is 0 Å². The van der Waals surface area contributed by atoms with Gasteiger partial charge in [-0.15, -0.1) is 0 Å². The van der Waals surface area contributed by atoms with E-state index in [0.29, 0.717) is 11.5 Å². The number of allylic oxidation sites excluding steroid dienone is 3. The Morgan fingerprint density at radius 2 is 2.05 bits per heavy atom. The highest BCUT2D eigenvalue weighted by atomic mass is 16.2. The van der Waals surface area contributed by atoms with Crippen molar-refractivity contribution >= 4 is 11.6 Å². The zero-order valence-electron chi connectivity index (χ0n) is 12.9. The molecule has 1 aromatic rings. The van der Waals surface area contributed by atoms with Crippen molar-refractivity contribution in [2.75, 3.05) is 0 Å². The minimum Gasteiger partial charge on any atom is -0.267 e. The molecule has 2 rings (SSSR count). The third kappa shape index (κ3) is 3.69. The fourth-order valence-corrected chi connectivity index (χ4v) is 2.43. The SMILES string of the molecule is C=C(C)[C@H]1CC=C(C)C(=NNC(=O)c2ccccc2C)C1. The fourth-order valence-electron chi connectivity index (χ4n) is 2.43. The van der Waals surface area contributed by atoms with Gasteiger partial charge in [-0.05, 0) is 56.7 Å². The summed E-state index contributed by atoms with van der Waals surface area (Å²) in [6, 6.07) is 7.51. The molecule has 1 atom stereocenters. The number of carbonyl (C=O) groups is 1. The van der Waals surface area contributed by atoms with E-state index in [9.17, 15) is 4.79 Å². The second-order valence-electron chi connectivity index (χ2n) is 5.68. The number of rotatable bonds is 3. The summed E-state index contributed by atoms with van der Waals surface area (Å²) in [4.78, 5) is 12.2. The monoisotopic (exact) mass is 282 g/mol. The topological polar surface area (TPSA) is 41.5 Å². The van der Waals surface area contributed by atoms with Gasteiger partial charge < -0.3 is 0 Å². The molecule has 0 fully saturated rings. The van der Waals surface area contributed by atoms with Crippen molar-refractivity contribution in [2.45, 2.75) is 33.6 Å². The summed E-state index contributed by atoms with van der Waals surface area (Å²) < 4.78 is 0. The summed E-state index contributed by atoms with van der Waals surface area (Å²) in [5.41, 5.74) is 7.53. The van der Waals surface area contributed by atoms with Crippen LogP contribution in [0.1, 0.15) is 42.6 Å². The molecule has 0 unspecified atom stereocenters. The molecule has 0 aromatic heterocycles. The quantitative estimate of drug-likeness (QED) is 0.660. The number of hydrogen-bond donors (Lipinski definition) is 1. The lowest BCUT2D eigenvalue weighted by Crippen LogP contribution is -2.23. The van der Waals surface area contributed by atoms with E-state index in [1.54, 1.807) is 0 Å². The number of nitrogens with one attached hydrogen (secondary N) is 1. The third-order valence-electron chi connectivity index (χ3n) is 3.98. The lowest BCUT2D eigenvalue weighted by molar-refractivity contribution is 0.0954. The predicted molar refractivity (Wildman–Crippen MR) is 87.4 cm³/mol. The summed E-state index contributed by atoms with van der Waals surface area (Å²) in [5, 5.41) is 4.32. The Bertz CT molecular complexity index is 626. The fraction of sp³-hybridized carbons (Fsp3) is 0.333. The number of hydrazone groups is 1. The molecule has 1 aromatic carbocycles. The van der Waals surface area contributed by atoms with Crippen molar-refractivity contribution in [2.24, 2.45) is 11.0 Å². The van der Waals surface area contributed by atoms with E-state index in [1.807, 2.05) is 45.0 Å². The molecule has 1 aliphatic carbocycles. The van der Waals surface area contributed by atoms with Crippen LogP contribution in [0, 0.1) is 12.8 Å². The first-order valence-corrected chi connectivity index (χ1v) is 7.24. The summed E-state index contributed by atoms with van der Waals surface area (Å²) in [6.07, 6.45) is 4.01. The lowest BCUT2D eigenvalue weighted by atomic mass is 9.85. The minimum atomic E-state index is -0.161. The van der Waals surface area contributed by atoms with Gasteiger partial charge in [-0.2, -0.15) is 5.10 Å². The zero-order chi connectivity index (χ0) is 15.4. The van der Waals surface area contributed by atoms with Gasteiger partial charge in [0, 0.05) is 5.56 Å². The van der Waals surface area contributed by atoms with Crippen LogP contribution in [0.4, 0.5) is 0 Å². The first-order valence-electron chi connectivity index (χ1n) is 7.24. The molecule has 0 heterocycles. The van der Waals surface area contributed by atoms with E-state index in [-0.39, 0.29) is 5.91 Å². The van der Waals surface area contributed by atoms with Crippen LogP contribution in [0.5, 0.6) is 0 Å². The van der Waals surface area contributed by atoms with E-state index >= 15 is 0 Å². The molecule has 0 bridgehead atoms. The Hall–Kier alpha value is -2.16. The molecule has 0 spiro atoms. The van der Waals surface area contributed by atoms with Crippen LogP contribution >= 0.6 is 0 Å². The van der Waals surface area contributed by atoms with Crippen LogP contribution in [-0.2, 0) is 0 Å². The highest BCUT2D eigenvalue weighted by Crippen LogP contribution is 2.26. The van der Waals surface area contributed by atoms with Gasteiger partial charge in [-0.3, -0.25) is 4.79 Å². The molecule has 0 saturated carbocycles. The van der Waals surface area contributed by atoms with E-state index < -0.39 is 0 Å². The van der Waals surface area contributed by atoms with Crippen LogP contribution in [0.3, 0.4) is 0 Å². The van der Waals surface area contributed by atoms with Crippen molar-refractivity contribution < 1.29 is 4.79 Å². The highest BCUT2D eigenvalue weighted by molar-refractivity contribution is 6.02. The second-order valence-corrected chi connectivity index (χ2v) is 5.68. The standard InChI is InChI=1S/C18H22N2O/c1-12(2)15-10-9-14(4)17(11-15)19-20-18(21)16-8-6-5-7-13(16)3/h5-9,15H,1,10-11H2,2-4H3,(H,20,21)/t15-/m0/s1. The van der Waals surface area contributed by atoms with E-state index in [4.69, 9.17) is 0 Å². The van der Waals surface area contributed by atoms with Crippen molar-refractivity contribution in [1.82, 2.24) is 5.43 Å². The first-order chi connectivity index (χ1) is 9.99. The summed E-state index contributed by atoms with van der Waals surface area (Å²) >= 11 is 0. The van der Waals surface area contributed by atoms with Crippen molar-refractivity contribution in [3.05, 3.63) is 59.2 Å². The summed E-state index contributed by atoms with van der Waals surface area (Å²) in [6.45, 7) is 10.0. The van der Waals surface area contributed by atoms with Gasteiger partial charge >= 0.3 is 0 Å². The first kappa shape index (κ1) is 15.2. The van der Waals surface area contributed by atoms with Gasteiger partial charge in [0.15, 0.2) is 0 Å². The Labute approximate surface area is 126 Å². The zero-order valence-corrected chi connectivity index (χ0v) is 12.9. The largest absolute Gasteiger partial charge is 0.271 e. The van der Waals surface area contributed by atoms with Crippen LogP contribution in [0.2, 0.25) is 0 Å². The molecule has 3 heteroatoms. The molecular formula is C18H22N2O. The number of nitrogens with zero attached hydrogens (tertiary/aromatic N) is 1. The number of amides is 1. The van der Waals surface area contributed by atoms with Crippen LogP contribution in [-0.4, -0.2) is 11.6 Å². The van der Waals surface area contributed by atoms with Gasteiger partial charge in [0.05, 0.1) is 5.71 Å². The van der Waals surface area contributed by atoms with Crippen molar-refractivity contribution in [3.8, 4) is 0 Å². The van der Waals surface area contributed by atoms with Gasteiger partial charge in [0.1, 0.15) is 0 Å². The average Bonchev–Trinajstić information content (AvgIpc) is 2.46. The molecule has 1 amide bonds. The number of aryl methyl sites for hydroxylation is 1. The van der Waals surface area contributed by atoms with Gasteiger partial charge in [0.2, 0.25) is 0 Å². The number of carbonyl (C=O) groups excluding carboxylic acids is 1. The molecule has 3 nitrogen and oxygen atoms in total. The molecular weight excluding hydrogens is 260 g/mol. The van der Waals surface area contributed by atoms with Gasteiger partial charge in [0.25, 0.3) is 5.91 Å². The van der Waals surface area contributed by atoms with Crippen molar-refractivity contribution in [1.29, 1.82) is 0 Å². The smallest absolute Gasteiger partial charge is 0.267 e. The number of benzene rings is 1. The maximum absolute atomic E-state index is 12.2. The minimum absolute atomic E-state index is 0.161. The second kappa shape index (κ2) is 6.53. The summed E-state index contributed by atoms with van der Waals surface area (Å²) in [5.74, 6) is 0.258. The summed E-state index contributed by atoms with van der Waals surface area (Å²) in [7, 11) is 0. The van der Waals surface area contributed by atoms with Gasteiger partial charge in [-0.1, -0.05) is 36.4 Å². The van der Waals surface area contributed by atoms with E-state index in [0.717, 1.165) is 35.3 Å². The molecule has 0 aliphatic heterocycles. The highest BCUT2D eigenvalue weighted by Gasteiger charge is 2.19. The Morgan fingerprint density at radius 3 is 2.71 bits per heavy atom. The molecule has 0 radical (unpaired) electrons. The van der Waals surface area contributed by atoms with Crippen LogP contribution in [0.25, 0.3) is 0 Å². The maximum atomic E-state index is 12.2. The Balaban J connectivity index is 2.12. The normalized spacial score (nSPS) is 20.0. The molecule has 21 heavy (non-hydrogen) atoms. The predicted octanol–water partition coefficient (Wildman–Crippen LogP) is 4.01. The molecule has 0 saturated heterocycles. The Kier molecular flexibility index (Phi) is 4.73. The van der Waals surface area contributed by atoms with Crippen LogP contribution in [0.15, 0.2) is 53.2 Å². The maximum Gasteiger partial charge on any atom is 0.271 e.